The summed E-state index contributed by atoms with van der Waals surface area (Å²) in [6, 6.07) is 14.8. The molecule has 7 heteroatoms. The highest BCUT2D eigenvalue weighted by Crippen LogP contribution is 2.26. The minimum absolute atomic E-state index is 0.134. The lowest BCUT2D eigenvalue weighted by Crippen LogP contribution is -2.42. The molecule has 0 aliphatic rings. The molecule has 1 amide bonds. The van der Waals surface area contributed by atoms with Gasteiger partial charge in [-0.3, -0.25) is 9.10 Å². The fraction of sp³-hybridized carbons (Fsp3) is 0.435. The van der Waals surface area contributed by atoms with Crippen LogP contribution >= 0.6 is 0 Å². The van der Waals surface area contributed by atoms with Crippen LogP contribution in [0.3, 0.4) is 0 Å². The first-order valence-electron chi connectivity index (χ1n) is 10.4. The molecule has 2 aromatic rings. The first-order chi connectivity index (χ1) is 14.4. The van der Waals surface area contributed by atoms with Crippen LogP contribution < -0.4 is 14.4 Å². The molecule has 1 atom stereocenters. The second kappa shape index (κ2) is 11.6. The number of nitrogens with zero attached hydrogens (tertiary/aromatic N) is 1. The molecule has 0 fully saturated rings. The number of hydrogen-bond donors (Lipinski definition) is 1. The molecule has 1 N–H and O–H groups in total. The molecule has 0 aliphatic carbocycles. The predicted octanol–water partition coefficient (Wildman–Crippen LogP) is 4.22. The summed E-state index contributed by atoms with van der Waals surface area (Å²) < 4.78 is 33.0. The highest BCUT2D eigenvalue weighted by Gasteiger charge is 2.27. The van der Waals surface area contributed by atoms with E-state index in [1.165, 1.54) is 19.2 Å². The Hall–Kier alpha value is -2.54. The Kier molecular flexibility index (Phi) is 9.17. The number of carbonyl (C=O) groups excluding carboxylic acids is 1. The number of sulfonamides is 1. The summed E-state index contributed by atoms with van der Waals surface area (Å²) in [6.07, 6.45) is 4.26. The van der Waals surface area contributed by atoms with Crippen LogP contribution in [-0.2, 0) is 14.8 Å². The molecule has 0 unspecified atom stereocenters. The van der Waals surface area contributed by atoms with E-state index < -0.39 is 10.0 Å². The molecular weight excluding hydrogens is 400 g/mol. The molecule has 0 saturated carbocycles. The zero-order valence-corrected chi connectivity index (χ0v) is 18.8. The van der Waals surface area contributed by atoms with Gasteiger partial charge in [0.2, 0.25) is 5.91 Å². The van der Waals surface area contributed by atoms with E-state index >= 15 is 0 Å². The fourth-order valence-electron chi connectivity index (χ4n) is 3.19. The van der Waals surface area contributed by atoms with E-state index in [1.54, 1.807) is 42.5 Å². The Labute approximate surface area is 180 Å². The predicted molar refractivity (Wildman–Crippen MR) is 120 cm³/mol. The standard InChI is InChI=1S/C23H32N2O4S/c1-4-6-11-19(5-2)17-24-23(26)18-25(20-12-10-13-21(16-20)29-3)30(27,28)22-14-8-7-9-15-22/h7-10,12-16,19H,4-6,11,17-18H2,1-3H3,(H,24,26)/t19-/m1/s1. The summed E-state index contributed by atoms with van der Waals surface area (Å²) in [4.78, 5) is 12.8. The summed E-state index contributed by atoms with van der Waals surface area (Å²) in [5, 5.41) is 2.92. The molecule has 0 heterocycles. The van der Waals surface area contributed by atoms with Gasteiger partial charge in [-0.2, -0.15) is 0 Å². The van der Waals surface area contributed by atoms with E-state index in [2.05, 4.69) is 19.2 Å². The van der Waals surface area contributed by atoms with Crippen molar-refractivity contribution in [2.45, 2.75) is 44.4 Å². The first kappa shape index (κ1) is 23.7. The monoisotopic (exact) mass is 432 g/mol. The number of amides is 1. The highest BCUT2D eigenvalue weighted by atomic mass is 32.2. The van der Waals surface area contributed by atoms with E-state index in [4.69, 9.17) is 4.74 Å². The molecule has 0 bridgehead atoms. The van der Waals surface area contributed by atoms with Gasteiger partial charge in [0.25, 0.3) is 10.0 Å². The normalized spacial score (nSPS) is 12.2. The Morgan fingerprint density at radius 1 is 1.10 bits per heavy atom. The minimum Gasteiger partial charge on any atom is -0.497 e. The van der Waals surface area contributed by atoms with Crippen LogP contribution in [0.15, 0.2) is 59.5 Å². The minimum atomic E-state index is -3.92. The van der Waals surface area contributed by atoms with Crippen LogP contribution in [0.25, 0.3) is 0 Å². The SMILES string of the molecule is CCCC[C@@H](CC)CNC(=O)CN(c1cccc(OC)c1)S(=O)(=O)c1ccccc1. The molecule has 0 spiro atoms. The summed E-state index contributed by atoms with van der Waals surface area (Å²) in [7, 11) is -2.40. The van der Waals surface area contributed by atoms with Gasteiger partial charge in [-0.15, -0.1) is 0 Å². The Morgan fingerprint density at radius 3 is 2.47 bits per heavy atom. The fourth-order valence-corrected chi connectivity index (χ4v) is 4.62. The number of rotatable bonds is 12. The zero-order chi connectivity index (χ0) is 22.0. The van der Waals surface area contributed by atoms with Crippen LogP contribution in [0.1, 0.15) is 39.5 Å². The van der Waals surface area contributed by atoms with E-state index in [0.717, 1.165) is 30.0 Å². The summed E-state index contributed by atoms with van der Waals surface area (Å²) >= 11 is 0. The molecule has 164 valence electrons. The lowest BCUT2D eigenvalue weighted by atomic mass is 9.99. The number of nitrogens with one attached hydrogen (secondary N) is 1. The molecule has 0 aliphatic heterocycles. The molecule has 2 rings (SSSR count). The van der Waals surface area contributed by atoms with Crippen molar-refractivity contribution in [2.75, 3.05) is 24.5 Å². The van der Waals surface area contributed by atoms with Gasteiger partial charge >= 0.3 is 0 Å². The van der Waals surface area contributed by atoms with E-state index in [9.17, 15) is 13.2 Å². The third-order valence-corrected chi connectivity index (χ3v) is 6.88. The van der Waals surface area contributed by atoms with Crippen LogP contribution in [0.2, 0.25) is 0 Å². The maximum Gasteiger partial charge on any atom is 0.264 e. The number of carbonyl (C=O) groups is 1. The van der Waals surface area contributed by atoms with Gasteiger partial charge in [-0.25, -0.2) is 8.42 Å². The van der Waals surface area contributed by atoms with Crippen molar-refractivity contribution in [1.29, 1.82) is 0 Å². The maximum absolute atomic E-state index is 13.3. The molecule has 0 saturated heterocycles. The topological polar surface area (TPSA) is 75.7 Å². The lowest BCUT2D eigenvalue weighted by molar-refractivity contribution is -0.119. The van der Waals surface area contributed by atoms with Gasteiger partial charge in [-0.05, 0) is 36.6 Å². The summed E-state index contributed by atoms with van der Waals surface area (Å²) in [6.45, 7) is 4.50. The van der Waals surface area contributed by atoms with Crippen molar-refractivity contribution in [3.05, 3.63) is 54.6 Å². The van der Waals surface area contributed by atoms with Crippen molar-refractivity contribution >= 4 is 21.6 Å². The van der Waals surface area contributed by atoms with Crippen LogP contribution in [0.4, 0.5) is 5.69 Å². The molecule has 2 aromatic carbocycles. The summed E-state index contributed by atoms with van der Waals surface area (Å²) in [5.41, 5.74) is 0.381. The van der Waals surface area contributed by atoms with Crippen LogP contribution in [0.5, 0.6) is 5.75 Å². The van der Waals surface area contributed by atoms with Gasteiger partial charge in [0.15, 0.2) is 0 Å². The third kappa shape index (κ3) is 6.49. The van der Waals surface area contributed by atoms with Gasteiger partial charge in [0.05, 0.1) is 17.7 Å². The lowest BCUT2D eigenvalue weighted by Gasteiger charge is -2.25. The van der Waals surface area contributed by atoms with Crippen molar-refractivity contribution in [3.8, 4) is 5.75 Å². The highest BCUT2D eigenvalue weighted by molar-refractivity contribution is 7.92. The quantitative estimate of drug-likeness (QED) is 0.545. The average molecular weight is 433 g/mol. The number of anilines is 1. The second-order valence-corrected chi connectivity index (χ2v) is 9.11. The maximum atomic E-state index is 13.3. The number of ether oxygens (including phenoxy) is 1. The number of methoxy groups -OCH3 is 1. The Balaban J connectivity index is 2.25. The van der Waals surface area contributed by atoms with Crippen molar-refractivity contribution in [3.63, 3.8) is 0 Å². The average Bonchev–Trinajstić information content (AvgIpc) is 2.78. The van der Waals surface area contributed by atoms with Gasteiger partial charge < -0.3 is 10.1 Å². The van der Waals surface area contributed by atoms with E-state index in [1.807, 2.05) is 0 Å². The second-order valence-electron chi connectivity index (χ2n) is 7.25. The first-order valence-corrected chi connectivity index (χ1v) is 11.8. The molecule has 30 heavy (non-hydrogen) atoms. The van der Waals surface area contributed by atoms with Crippen LogP contribution in [0, 0.1) is 5.92 Å². The zero-order valence-electron chi connectivity index (χ0n) is 18.0. The Morgan fingerprint density at radius 2 is 1.83 bits per heavy atom. The number of hydrogen-bond acceptors (Lipinski definition) is 4. The molecular formula is C23H32N2O4S. The summed E-state index contributed by atoms with van der Waals surface area (Å²) in [5.74, 6) is 0.587. The number of benzene rings is 2. The van der Waals surface area contributed by atoms with E-state index in [-0.39, 0.29) is 17.3 Å². The van der Waals surface area contributed by atoms with E-state index in [0.29, 0.717) is 23.9 Å². The van der Waals surface area contributed by atoms with Gasteiger partial charge in [0, 0.05) is 12.6 Å². The van der Waals surface area contributed by atoms with Crippen molar-refractivity contribution in [2.24, 2.45) is 5.92 Å². The molecule has 6 nitrogen and oxygen atoms in total. The molecule has 0 radical (unpaired) electrons. The van der Waals surface area contributed by atoms with Gasteiger partial charge in [-0.1, -0.05) is 57.4 Å². The molecule has 0 aromatic heterocycles. The smallest absolute Gasteiger partial charge is 0.264 e. The van der Waals surface area contributed by atoms with Crippen molar-refractivity contribution in [1.82, 2.24) is 5.32 Å². The number of unbranched alkanes of at least 4 members (excludes halogenated alkanes) is 1. The van der Waals surface area contributed by atoms with Crippen LogP contribution in [-0.4, -0.2) is 34.5 Å². The third-order valence-electron chi connectivity index (χ3n) is 5.09. The van der Waals surface area contributed by atoms with Crippen molar-refractivity contribution < 1.29 is 17.9 Å². The Bertz CT molecular complexity index is 900. The largest absolute Gasteiger partial charge is 0.497 e. The van der Waals surface area contributed by atoms with Gasteiger partial charge in [0.1, 0.15) is 12.3 Å².